The average Bonchev–Trinajstić information content (AvgIpc) is 2.64. The van der Waals surface area contributed by atoms with Crippen LogP contribution in [0.5, 0.6) is 0 Å². The lowest BCUT2D eigenvalue weighted by Gasteiger charge is -2.12. The maximum absolute atomic E-state index is 13.0. The zero-order valence-corrected chi connectivity index (χ0v) is 14.8. The van der Waals surface area contributed by atoms with Gasteiger partial charge in [0.25, 0.3) is 0 Å². The molecule has 0 saturated carbocycles. The molecule has 0 bridgehead atoms. The van der Waals surface area contributed by atoms with E-state index in [4.69, 9.17) is 11.6 Å². The maximum Gasteiger partial charge on any atom is 0.417 e. The van der Waals surface area contributed by atoms with Crippen molar-refractivity contribution >= 4 is 29.1 Å². The molecule has 3 rings (SSSR count). The van der Waals surface area contributed by atoms with Crippen LogP contribution < -0.4 is 10.6 Å². The molecule has 0 radical (unpaired) electrons. The van der Waals surface area contributed by atoms with Crippen molar-refractivity contribution in [2.24, 2.45) is 0 Å². The van der Waals surface area contributed by atoms with Gasteiger partial charge < -0.3 is 10.6 Å². The molecule has 0 spiro atoms. The summed E-state index contributed by atoms with van der Waals surface area (Å²) < 4.78 is 38.9. The van der Waals surface area contributed by atoms with E-state index in [1.807, 2.05) is 30.3 Å². The van der Waals surface area contributed by atoms with Gasteiger partial charge in [0.05, 0.1) is 10.6 Å². The minimum Gasteiger partial charge on any atom is -0.354 e. The number of halogens is 4. The molecule has 1 heterocycles. The first kappa shape index (κ1) is 19.0. The number of rotatable bonds is 6. The summed E-state index contributed by atoms with van der Waals surface area (Å²) in [6, 6.07) is 15.1. The molecule has 0 saturated heterocycles. The van der Waals surface area contributed by atoms with Gasteiger partial charge in [-0.25, -0.2) is 4.98 Å². The Morgan fingerprint density at radius 2 is 1.78 bits per heavy atom. The third-order valence-electron chi connectivity index (χ3n) is 3.74. The summed E-state index contributed by atoms with van der Waals surface area (Å²) in [7, 11) is 0. The first-order valence-corrected chi connectivity index (χ1v) is 8.54. The number of anilines is 3. The number of alkyl halides is 3. The highest BCUT2D eigenvalue weighted by atomic mass is 35.5. The van der Waals surface area contributed by atoms with E-state index >= 15 is 0 Å². The molecule has 0 unspecified atom stereocenters. The van der Waals surface area contributed by atoms with Crippen molar-refractivity contribution in [1.29, 1.82) is 0 Å². The van der Waals surface area contributed by atoms with Gasteiger partial charge in [0.15, 0.2) is 0 Å². The second kappa shape index (κ2) is 8.26. The molecule has 0 aliphatic heterocycles. The van der Waals surface area contributed by atoms with Crippen LogP contribution in [0.25, 0.3) is 0 Å². The molecule has 2 aromatic carbocycles. The van der Waals surface area contributed by atoms with Gasteiger partial charge in [-0.3, -0.25) is 0 Å². The van der Waals surface area contributed by atoms with Gasteiger partial charge in [0.1, 0.15) is 5.82 Å². The predicted octanol–water partition coefficient (Wildman–Crippen LogP) is 5.55. The first-order valence-electron chi connectivity index (χ1n) is 8.16. The lowest BCUT2D eigenvalue weighted by Crippen LogP contribution is -2.09. The van der Waals surface area contributed by atoms with Crippen molar-refractivity contribution < 1.29 is 13.2 Å². The first-order chi connectivity index (χ1) is 12.9. The lowest BCUT2D eigenvalue weighted by atomic mass is 10.1. The summed E-state index contributed by atoms with van der Waals surface area (Å²) in [6.45, 7) is 0.632. The molecule has 140 valence electrons. The summed E-state index contributed by atoms with van der Waals surface area (Å²) in [5, 5.41) is 5.59. The Kier molecular flexibility index (Phi) is 5.81. The fourth-order valence-corrected chi connectivity index (χ4v) is 2.67. The summed E-state index contributed by atoms with van der Waals surface area (Å²) >= 11 is 5.63. The predicted molar refractivity (Wildman–Crippen MR) is 100 cm³/mol. The van der Waals surface area contributed by atoms with E-state index in [1.165, 1.54) is 23.9 Å². The van der Waals surface area contributed by atoms with Crippen LogP contribution >= 0.6 is 11.6 Å². The third kappa shape index (κ3) is 5.34. The second-order valence-corrected chi connectivity index (χ2v) is 6.15. The monoisotopic (exact) mass is 392 g/mol. The van der Waals surface area contributed by atoms with Crippen LogP contribution in [-0.2, 0) is 12.6 Å². The quantitative estimate of drug-likeness (QED) is 0.577. The van der Waals surface area contributed by atoms with Crippen LogP contribution in [-0.4, -0.2) is 16.5 Å². The fourth-order valence-electron chi connectivity index (χ4n) is 2.44. The van der Waals surface area contributed by atoms with Gasteiger partial charge in [-0.2, -0.15) is 18.2 Å². The Labute approximate surface area is 159 Å². The molecule has 0 fully saturated rings. The van der Waals surface area contributed by atoms with Crippen molar-refractivity contribution in [2.75, 3.05) is 17.2 Å². The van der Waals surface area contributed by atoms with Crippen LogP contribution in [0.1, 0.15) is 11.1 Å². The van der Waals surface area contributed by atoms with E-state index in [0.717, 1.165) is 12.5 Å². The Morgan fingerprint density at radius 3 is 2.52 bits per heavy atom. The fraction of sp³-hybridized carbons (Fsp3) is 0.158. The molecule has 1 aromatic heterocycles. The smallest absolute Gasteiger partial charge is 0.354 e. The SMILES string of the molecule is FC(F)(F)c1cc(Nc2ccnc(NCCc3ccccc3)n2)ccc1Cl. The number of aromatic nitrogens is 2. The molecule has 0 aliphatic rings. The van der Waals surface area contributed by atoms with Crippen molar-refractivity contribution in [3.63, 3.8) is 0 Å². The van der Waals surface area contributed by atoms with Gasteiger partial charge >= 0.3 is 6.18 Å². The van der Waals surface area contributed by atoms with E-state index in [2.05, 4.69) is 20.6 Å². The van der Waals surface area contributed by atoms with Crippen LogP contribution in [0.3, 0.4) is 0 Å². The number of nitrogens with zero attached hydrogens (tertiary/aromatic N) is 2. The minimum absolute atomic E-state index is 0.237. The van der Waals surface area contributed by atoms with Gasteiger partial charge in [-0.15, -0.1) is 0 Å². The molecule has 2 N–H and O–H groups in total. The van der Waals surface area contributed by atoms with E-state index < -0.39 is 11.7 Å². The third-order valence-corrected chi connectivity index (χ3v) is 4.07. The zero-order chi connectivity index (χ0) is 19.3. The Balaban J connectivity index is 1.65. The highest BCUT2D eigenvalue weighted by Gasteiger charge is 2.33. The van der Waals surface area contributed by atoms with Crippen LogP contribution in [0.2, 0.25) is 5.02 Å². The normalized spacial score (nSPS) is 11.3. The molecule has 4 nitrogen and oxygen atoms in total. The largest absolute Gasteiger partial charge is 0.417 e. The Morgan fingerprint density at radius 1 is 1.00 bits per heavy atom. The van der Waals surface area contributed by atoms with Gasteiger partial charge in [-0.1, -0.05) is 41.9 Å². The van der Waals surface area contributed by atoms with E-state index in [9.17, 15) is 13.2 Å². The molecular weight excluding hydrogens is 377 g/mol. The van der Waals surface area contributed by atoms with Gasteiger partial charge in [0, 0.05) is 18.4 Å². The average molecular weight is 393 g/mol. The van der Waals surface area contributed by atoms with Crippen LogP contribution in [0, 0.1) is 0 Å². The summed E-state index contributed by atoms with van der Waals surface area (Å²) in [4.78, 5) is 8.39. The molecule has 8 heteroatoms. The highest BCUT2D eigenvalue weighted by molar-refractivity contribution is 6.31. The number of hydrogen-bond donors (Lipinski definition) is 2. The van der Waals surface area contributed by atoms with Crippen molar-refractivity contribution in [1.82, 2.24) is 9.97 Å². The van der Waals surface area contributed by atoms with Crippen LogP contribution in [0.15, 0.2) is 60.8 Å². The van der Waals surface area contributed by atoms with Gasteiger partial charge in [-0.05, 0) is 36.2 Å². The molecule has 27 heavy (non-hydrogen) atoms. The molecule has 0 amide bonds. The number of nitrogens with one attached hydrogen (secondary N) is 2. The zero-order valence-electron chi connectivity index (χ0n) is 14.1. The Hall–Kier alpha value is -2.80. The number of hydrogen-bond acceptors (Lipinski definition) is 4. The molecule has 0 aliphatic carbocycles. The minimum atomic E-state index is -4.52. The summed E-state index contributed by atoms with van der Waals surface area (Å²) in [6.07, 6.45) is -2.20. The molecule has 3 aromatic rings. The summed E-state index contributed by atoms with van der Waals surface area (Å²) in [5.74, 6) is 0.767. The van der Waals surface area contributed by atoms with E-state index in [0.29, 0.717) is 18.3 Å². The van der Waals surface area contributed by atoms with Crippen molar-refractivity contribution in [2.45, 2.75) is 12.6 Å². The summed E-state index contributed by atoms with van der Waals surface area (Å²) in [5.41, 5.74) is 0.519. The van der Waals surface area contributed by atoms with Crippen LogP contribution in [0.4, 0.5) is 30.6 Å². The Bertz CT molecular complexity index is 901. The molecular formula is C19H16ClF3N4. The maximum atomic E-state index is 13.0. The van der Waals surface area contributed by atoms with Gasteiger partial charge in [0.2, 0.25) is 5.95 Å². The van der Waals surface area contributed by atoms with Crippen molar-refractivity contribution in [3.05, 3.63) is 76.9 Å². The standard InChI is InChI=1S/C19H16ClF3N4/c20-16-7-6-14(12-15(16)19(21,22)23)26-17-9-11-25-18(27-17)24-10-8-13-4-2-1-3-5-13/h1-7,9,11-12H,8,10H2,(H2,24,25,26,27). The van der Waals surface area contributed by atoms with E-state index in [-0.39, 0.29) is 10.7 Å². The second-order valence-electron chi connectivity index (χ2n) is 5.75. The highest BCUT2D eigenvalue weighted by Crippen LogP contribution is 2.36. The topological polar surface area (TPSA) is 49.8 Å². The van der Waals surface area contributed by atoms with E-state index in [1.54, 1.807) is 6.07 Å². The molecule has 0 atom stereocenters. The van der Waals surface area contributed by atoms with Crippen molar-refractivity contribution in [3.8, 4) is 0 Å². The number of benzene rings is 2. The lowest BCUT2D eigenvalue weighted by molar-refractivity contribution is -0.137.